The number of ether oxygens (including phenoxy) is 1. The minimum atomic E-state index is 0.165. The summed E-state index contributed by atoms with van der Waals surface area (Å²) >= 11 is 1.44. The molecule has 7 heteroatoms. The molecule has 0 radical (unpaired) electrons. The van der Waals surface area contributed by atoms with Crippen LogP contribution < -0.4 is 4.74 Å². The molecule has 1 saturated heterocycles. The summed E-state index contributed by atoms with van der Waals surface area (Å²) in [5.41, 5.74) is 1.87. The van der Waals surface area contributed by atoms with Crippen LogP contribution in [0.15, 0.2) is 59.8 Å². The van der Waals surface area contributed by atoms with Crippen LogP contribution in [0.5, 0.6) is 5.75 Å². The van der Waals surface area contributed by atoms with Gasteiger partial charge in [-0.3, -0.25) is 9.36 Å². The van der Waals surface area contributed by atoms with Gasteiger partial charge in [-0.05, 0) is 50.5 Å². The van der Waals surface area contributed by atoms with Gasteiger partial charge in [-0.15, -0.1) is 10.2 Å². The number of aromatic nitrogens is 3. The maximum atomic E-state index is 12.8. The van der Waals surface area contributed by atoms with Crippen LogP contribution >= 0.6 is 11.8 Å². The van der Waals surface area contributed by atoms with Gasteiger partial charge in [0.2, 0.25) is 5.91 Å². The second kappa shape index (κ2) is 9.34. The van der Waals surface area contributed by atoms with Crippen molar-refractivity contribution in [3.8, 4) is 22.8 Å². The van der Waals surface area contributed by atoms with Crippen LogP contribution in [-0.2, 0) is 4.79 Å². The Morgan fingerprint density at radius 2 is 1.97 bits per heavy atom. The van der Waals surface area contributed by atoms with Crippen molar-refractivity contribution in [3.05, 3.63) is 54.6 Å². The van der Waals surface area contributed by atoms with E-state index in [9.17, 15) is 4.79 Å². The molecule has 1 fully saturated rings. The highest BCUT2D eigenvalue weighted by Gasteiger charge is 2.24. The third-order valence-corrected chi connectivity index (χ3v) is 6.34. The third-order valence-electron chi connectivity index (χ3n) is 5.42. The van der Waals surface area contributed by atoms with E-state index in [-0.39, 0.29) is 5.91 Å². The van der Waals surface area contributed by atoms with E-state index in [1.165, 1.54) is 18.2 Å². The van der Waals surface area contributed by atoms with Crippen molar-refractivity contribution >= 4 is 17.7 Å². The summed E-state index contributed by atoms with van der Waals surface area (Å²) < 4.78 is 7.38. The summed E-state index contributed by atoms with van der Waals surface area (Å²) in [7, 11) is 1.65. The third kappa shape index (κ3) is 4.36. The van der Waals surface area contributed by atoms with Crippen molar-refractivity contribution in [2.75, 3.05) is 19.4 Å². The summed E-state index contributed by atoms with van der Waals surface area (Å²) in [4.78, 5) is 14.8. The summed E-state index contributed by atoms with van der Waals surface area (Å²) in [5, 5.41) is 9.59. The zero-order chi connectivity index (χ0) is 20.9. The average Bonchev–Trinajstić information content (AvgIpc) is 3.22. The number of para-hydroxylation sites is 1. The molecule has 1 amide bonds. The first-order valence-corrected chi connectivity index (χ1v) is 11.2. The second-order valence-electron chi connectivity index (χ2n) is 7.43. The van der Waals surface area contributed by atoms with E-state index in [1.807, 2.05) is 64.1 Å². The van der Waals surface area contributed by atoms with Gasteiger partial charge in [-0.25, -0.2) is 0 Å². The number of carbonyl (C=O) groups excluding carboxylic acids is 1. The van der Waals surface area contributed by atoms with E-state index in [1.54, 1.807) is 7.11 Å². The fraction of sp³-hybridized carbons (Fsp3) is 0.348. The van der Waals surface area contributed by atoms with E-state index in [0.29, 0.717) is 17.0 Å². The van der Waals surface area contributed by atoms with Crippen LogP contribution in [0.25, 0.3) is 17.1 Å². The highest BCUT2D eigenvalue weighted by Crippen LogP contribution is 2.30. The van der Waals surface area contributed by atoms with Gasteiger partial charge >= 0.3 is 0 Å². The van der Waals surface area contributed by atoms with Crippen LogP contribution in [0.3, 0.4) is 0 Å². The van der Waals surface area contributed by atoms with Crippen LogP contribution in [0, 0.1) is 0 Å². The monoisotopic (exact) mass is 422 g/mol. The van der Waals surface area contributed by atoms with Crippen molar-refractivity contribution in [2.24, 2.45) is 0 Å². The fourth-order valence-corrected chi connectivity index (χ4v) is 4.64. The number of amides is 1. The van der Waals surface area contributed by atoms with Crippen LogP contribution in [0.4, 0.5) is 0 Å². The smallest absolute Gasteiger partial charge is 0.233 e. The first-order valence-electron chi connectivity index (χ1n) is 10.2. The lowest BCUT2D eigenvalue weighted by Gasteiger charge is -2.33. The molecule has 1 aliphatic heterocycles. The lowest BCUT2D eigenvalue weighted by Crippen LogP contribution is -2.42. The first kappa shape index (κ1) is 20.5. The van der Waals surface area contributed by atoms with Gasteiger partial charge in [0, 0.05) is 23.8 Å². The number of methoxy groups -OCH3 is 1. The number of piperidine rings is 1. The number of nitrogens with zero attached hydrogens (tertiary/aromatic N) is 4. The number of hydrogen-bond acceptors (Lipinski definition) is 5. The van der Waals surface area contributed by atoms with Gasteiger partial charge in [0.25, 0.3) is 0 Å². The highest BCUT2D eigenvalue weighted by molar-refractivity contribution is 7.99. The van der Waals surface area contributed by atoms with Crippen LogP contribution in [0.2, 0.25) is 0 Å². The Hall–Kier alpha value is -2.80. The zero-order valence-electron chi connectivity index (χ0n) is 17.3. The Bertz CT molecular complexity index is 1010. The molecule has 4 rings (SSSR count). The lowest BCUT2D eigenvalue weighted by molar-refractivity contribution is -0.131. The van der Waals surface area contributed by atoms with Crippen molar-refractivity contribution in [2.45, 2.75) is 37.4 Å². The standard InChI is InChI=1S/C23H26N4O2S/c1-17-9-6-7-14-26(17)21(28)16-30-23-25-24-22(18-10-8-13-20(15-18)29-2)27(23)19-11-4-3-5-12-19/h3-5,8,10-13,15,17H,6-7,9,14,16H2,1-2H3. The predicted molar refractivity (Wildman–Crippen MR) is 119 cm³/mol. The number of benzene rings is 2. The molecule has 1 unspecified atom stereocenters. The molecule has 0 spiro atoms. The molecule has 30 heavy (non-hydrogen) atoms. The molecular weight excluding hydrogens is 396 g/mol. The first-order chi connectivity index (χ1) is 14.7. The molecular formula is C23H26N4O2S. The molecule has 1 aliphatic rings. The van der Waals surface area contributed by atoms with Gasteiger partial charge in [0.05, 0.1) is 12.9 Å². The molecule has 3 aromatic rings. The van der Waals surface area contributed by atoms with Gasteiger partial charge in [-0.1, -0.05) is 42.1 Å². The van der Waals surface area contributed by atoms with Crippen LogP contribution in [0.1, 0.15) is 26.2 Å². The number of hydrogen-bond donors (Lipinski definition) is 0. The lowest BCUT2D eigenvalue weighted by atomic mass is 10.0. The minimum Gasteiger partial charge on any atom is -0.497 e. The van der Waals surface area contributed by atoms with Gasteiger partial charge in [-0.2, -0.15) is 0 Å². The van der Waals surface area contributed by atoms with Gasteiger partial charge < -0.3 is 9.64 Å². The number of carbonyl (C=O) groups is 1. The number of thioether (sulfide) groups is 1. The Morgan fingerprint density at radius 3 is 2.73 bits per heavy atom. The topological polar surface area (TPSA) is 60.3 Å². The maximum absolute atomic E-state index is 12.8. The van der Waals surface area contributed by atoms with E-state index in [0.717, 1.165) is 42.2 Å². The predicted octanol–water partition coefficient (Wildman–Crippen LogP) is 4.44. The largest absolute Gasteiger partial charge is 0.497 e. The molecule has 2 aromatic carbocycles. The van der Waals surface area contributed by atoms with Crippen molar-refractivity contribution in [1.82, 2.24) is 19.7 Å². The van der Waals surface area contributed by atoms with Crippen LogP contribution in [-0.4, -0.2) is 51.0 Å². The Morgan fingerprint density at radius 1 is 1.13 bits per heavy atom. The van der Waals surface area contributed by atoms with E-state index < -0.39 is 0 Å². The van der Waals surface area contributed by atoms with Crippen molar-refractivity contribution in [3.63, 3.8) is 0 Å². The number of likely N-dealkylation sites (tertiary alicyclic amines) is 1. The number of rotatable bonds is 6. The van der Waals surface area contributed by atoms with E-state index in [4.69, 9.17) is 4.74 Å². The summed E-state index contributed by atoms with van der Waals surface area (Å²) in [6, 6.07) is 18.1. The molecule has 1 aromatic heterocycles. The second-order valence-corrected chi connectivity index (χ2v) is 8.37. The molecule has 0 saturated carbocycles. The fourth-order valence-electron chi connectivity index (χ4n) is 3.80. The molecule has 2 heterocycles. The zero-order valence-corrected chi connectivity index (χ0v) is 18.1. The quantitative estimate of drug-likeness (QED) is 0.550. The Kier molecular flexibility index (Phi) is 6.38. The Labute approximate surface area is 181 Å². The van der Waals surface area contributed by atoms with Crippen molar-refractivity contribution < 1.29 is 9.53 Å². The SMILES string of the molecule is COc1cccc(-c2nnc(SCC(=O)N3CCCCC3C)n2-c2ccccc2)c1. The summed E-state index contributed by atoms with van der Waals surface area (Å²) in [6.07, 6.45) is 3.36. The Balaban J connectivity index is 1.63. The average molecular weight is 423 g/mol. The molecule has 156 valence electrons. The van der Waals surface area contributed by atoms with Gasteiger partial charge in [0.1, 0.15) is 5.75 Å². The highest BCUT2D eigenvalue weighted by atomic mass is 32.2. The molecule has 6 nitrogen and oxygen atoms in total. The molecule has 0 N–H and O–H groups in total. The maximum Gasteiger partial charge on any atom is 0.233 e. The van der Waals surface area contributed by atoms with E-state index >= 15 is 0 Å². The molecule has 0 bridgehead atoms. The van der Waals surface area contributed by atoms with Gasteiger partial charge in [0.15, 0.2) is 11.0 Å². The summed E-state index contributed by atoms with van der Waals surface area (Å²) in [5.74, 6) is 2.01. The van der Waals surface area contributed by atoms with E-state index in [2.05, 4.69) is 17.1 Å². The minimum absolute atomic E-state index is 0.165. The van der Waals surface area contributed by atoms with Crippen molar-refractivity contribution in [1.29, 1.82) is 0 Å². The molecule has 1 atom stereocenters. The molecule has 0 aliphatic carbocycles. The summed E-state index contributed by atoms with van der Waals surface area (Å²) in [6.45, 7) is 2.98. The normalized spacial score (nSPS) is 16.5.